The van der Waals surface area contributed by atoms with Gasteiger partial charge in [-0.1, -0.05) is 18.2 Å². The summed E-state index contributed by atoms with van der Waals surface area (Å²) < 4.78 is 10.5. The molecule has 0 spiro atoms. The molecular formula is C15H19NO3. The van der Waals surface area contributed by atoms with Gasteiger partial charge in [-0.15, -0.1) is 0 Å². The van der Waals surface area contributed by atoms with Gasteiger partial charge in [-0.05, 0) is 30.7 Å². The Kier molecular flexibility index (Phi) is 5.01. The lowest BCUT2D eigenvalue weighted by Gasteiger charge is -2.14. The third-order valence-electron chi connectivity index (χ3n) is 2.81. The number of aryl methyl sites for hydroxylation is 1. The third-order valence-corrected chi connectivity index (χ3v) is 2.81. The van der Waals surface area contributed by atoms with E-state index in [1.165, 1.54) is 0 Å². The molecule has 4 nitrogen and oxygen atoms in total. The van der Waals surface area contributed by atoms with E-state index in [1.807, 2.05) is 43.3 Å². The highest BCUT2D eigenvalue weighted by Crippen LogP contribution is 2.12. The largest absolute Gasteiger partial charge is 0.467 e. The van der Waals surface area contributed by atoms with Gasteiger partial charge in [-0.3, -0.25) is 0 Å². The maximum atomic E-state index is 9.81. The predicted molar refractivity (Wildman–Crippen MR) is 74.0 cm³/mol. The molecule has 1 heterocycles. The van der Waals surface area contributed by atoms with Crippen molar-refractivity contribution in [1.29, 1.82) is 0 Å². The lowest BCUT2D eigenvalue weighted by molar-refractivity contribution is 0.0282. The normalized spacial score (nSPS) is 12.3. The number of ether oxygens (including phenoxy) is 1. The number of benzene rings is 1. The Balaban J connectivity index is 1.67. The van der Waals surface area contributed by atoms with Crippen LogP contribution in [-0.2, 0) is 11.3 Å². The fraction of sp³-hybridized carbons (Fsp3) is 0.333. The van der Waals surface area contributed by atoms with E-state index in [1.54, 1.807) is 6.26 Å². The van der Waals surface area contributed by atoms with Crippen LogP contribution in [0.3, 0.4) is 0 Å². The van der Waals surface area contributed by atoms with Gasteiger partial charge in [0.05, 0.1) is 19.0 Å². The van der Waals surface area contributed by atoms with Crippen LogP contribution in [0.15, 0.2) is 47.1 Å². The quantitative estimate of drug-likeness (QED) is 0.804. The average molecular weight is 261 g/mol. The summed E-state index contributed by atoms with van der Waals surface area (Å²) in [5.74, 6) is 0.763. The minimum atomic E-state index is -0.547. The second kappa shape index (κ2) is 6.97. The molecule has 0 saturated heterocycles. The van der Waals surface area contributed by atoms with Gasteiger partial charge in [0.2, 0.25) is 0 Å². The maximum absolute atomic E-state index is 9.81. The van der Waals surface area contributed by atoms with E-state index in [0.29, 0.717) is 13.2 Å². The molecule has 0 aliphatic rings. The first-order chi connectivity index (χ1) is 9.25. The van der Waals surface area contributed by atoms with Crippen molar-refractivity contribution >= 4 is 5.69 Å². The van der Waals surface area contributed by atoms with Gasteiger partial charge in [0, 0.05) is 12.2 Å². The number of anilines is 1. The molecule has 2 N–H and O–H groups in total. The maximum Gasteiger partial charge on any atom is 0.129 e. The SMILES string of the molecule is Cc1ccccc1NCC(O)COCc1ccco1. The molecule has 0 aliphatic heterocycles. The highest BCUT2D eigenvalue weighted by molar-refractivity contribution is 5.50. The summed E-state index contributed by atoms with van der Waals surface area (Å²) >= 11 is 0. The molecule has 19 heavy (non-hydrogen) atoms. The molecule has 0 radical (unpaired) electrons. The standard InChI is InChI=1S/C15H19NO3/c1-12-5-2-3-7-15(12)16-9-13(17)10-18-11-14-6-4-8-19-14/h2-8,13,16-17H,9-11H2,1H3. The van der Waals surface area contributed by atoms with Crippen molar-refractivity contribution < 1.29 is 14.3 Å². The van der Waals surface area contributed by atoms with Crippen LogP contribution in [0.5, 0.6) is 0 Å². The molecule has 0 aliphatic carbocycles. The fourth-order valence-corrected chi connectivity index (χ4v) is 1.75. The van der Waals surface area contributed by atoms with E-state index < -0.39 is 6.10 Å². The van der Waals surface area contributed by atoms with Crippen LogP contribution >= 0.6 is 0 Å². The molecule has 0 bridgehead atoms. The Morgan fingerprint density at radius 1 is 1.26 bits per heavy atom. The fourth-order valence-electron chi connectivity index (χ4n) is 1.75. The summed E-state index contributed by atoms with van der Waals surface area (Å²) in [5, 5.41) is 13.0. The monoisotopic (exact) mass is 261 g/mol. The minimum Gasteiger partial charge on any atom is -0.467 e. The zero-order valence-corrected chi connectivity index (χ0v) is 11.0. The second-order valence-corrected chi connectivity index (χ2v) is 4.44. The molecule has 0 fully saturated rings. The van der Waals surface area contributed by atoms with Crippen molar-refractivity contribution in [3.05, 3.63) is 54.0 Å². The van der Waals surface area contributed by atoms with Crippen LogP contribution in [0.4, 0.5) is 5.69 Å². The molecule has 4 heteroatoms. The highest BCUT2D eigenvalue weighted by Gasteiger charge is 2.06. The number of hydrogen-bond acceptors (Lipinski definition) is 4. The van der Waals surface area contributed by atoms with E-state index in [4.69, 9.17) is 9.15 Å². The Bertz CT molecular complexity index is 482. The highest BCUT2D eigenvalue weighted by atomic mass is 16.5. The number of furan rings is 1. The molecule has 2 aromatic rings. The Morgan fingerprint density at radius 2 is 2.11 bits per heavy atom. The summed E-state index contributed by atoms with van der Waals surface area (Å²) in [4.78, 5) is 0. The van der Waals surface area contributed by atoms with Crippen molar-refractivity contribution in [2.45, 2.75) is 19.6 Å². The smallest absolute Gasteiger partial charge is 0.129 e. The Hall–Kier alpha value is -1.78. The molecule has 1 unspecified atom stereocenters. The number of rotatable bonds is 7. The third kappa shape index (κ3) is 4.43. The molecular weight excluding hydrogens is 242 g/mol. The number of nitrogens with one attached hydrogen (secondary N) is 1. The zero-order valence-electron chi connectivity index (χ0n) is 11.0. The second-order valence-electron chi connectivity index (χ2n) is 4.44. The summed E-state index contributed by atoms with van der Waals surface area (Å²) in [7, 11) is 0. The molecule has 102 valence electrons. The Labute approximate surface area is 113 Å². The van der Waals surface area contributed by atoms with Crippen LogP contribution < -0.4 is 5.32 Å². The summed E-state index contributed by atoms with van der Waals surface area (Å²) in [6.45, 7) is 3.15. The number of aliphatic hydroxyl groups excluding tert-OH is 1. The van der Waals surface area contributed by atoms with Crippen LogP contribution in [0.2, 0.25) is 0 Å². The number of para-hydroxylation sites is 1. The first-order valence-corrected chi connectivity index (χ1v) is 6.33. The van der Waals surface area contributed by atoms with Crippen LogP contribution in [0.25, 0.3) is 0 Å². The van der Waals surface area contributed by atoms with Gasteiger partial charge >= 0.3 is 0 Å². The van der Waals surface area contributed by atoms with Gasteiger partial charge in [-0.25, -0.2) is 0 Å². The predicted octanol–water partition coefficient (Wildman–Crippen LogP) is 2.58. The number of hydrogen-bond donors (Lipinski definition) is 2. The number of aliphatic hydroxyl groups is 1. The summed E-state index contributed by atoms with van der Waals surface area (Å²) in [5.41, 5.74) is 2.19. The molecule has 0 saturated carbocycles. The topological polar surface area (TPSA) is 54.6 Å². The van der Waals surface area contributed by atoms with Gasteiger partial charge in [0.15, 0.2) is 0 Å². The molecule has 1 atom stereocenters. The summed E-state index contributed by atoms with van der Waals surface area (Å²) in [6.07, 6.45) is 1.06. The van der Waals surface area contributed by atoms with Gasteiger partial charge in [0.1, 0.15) is 12.4 Å². The van der Waals surface area contributed by atoms with E-state index in [0.717, 1.165) is 17.0 Å². The van der Waals surface area contributed by atoms with Gasteiger partial charge in [0.25, 0.3) is 0 Å². The average Bonchev–Trinajstić information content (AvgIpc) is 2.91. The first-order valence-electron chi connectivity index (χ1n) is 6.33. The van der Waals surface area contributed by atoms with Gasteiger partial charge < -0.3 is 19.6 Å². The van der Waals surface area contributed by atoms with E-state index in [2.05, 4.69) is 5.32 Å². The van der Waals surface area contributed by atoms with E-state index >= 15 is 0 Å². The van der Waals surface area contributed by atoms with Crippen LogP contribution in [0.1, 0.15) is 11.3 Å². The van der Waals surface area contributed by atoms with Crippen LogP contribution in [0, 0.1) is 6.92 Å². The van der Waals surface area contributed by atoms with Gasteiger partial charge in [-0.2, -0.15) is 0 Å². The first kappa shape index (κ1) is 13.6. The van der Waals surface area contributed by atoms with Crippen molar-refractivity contribution in [3.8, 4) is 0 Å². The summed E-state index contributed by atoms with van der Waals surface area (Å²) in [6, 6.07) is 11.6. The molecule has 1 aromatic heterocycles. The lowest BCUT2D eigenvalue weighted by Crippen LogP contribution is -2.25. The zero-order chi connectivity index (χ0) is 13.5. The minimum absolute atomic E-state index is 0.277. The van der Waals surface area contributed by atoms with Crippen molar-refractivity contribution in [1.82, 2.24) is 0 Å². The van der Waals surface area contributed by atoms with E-state index in [9.17, 15) is 5.11 Å². The lowest BCUT2D eigenvalue weighted by atomic mass is 10.2. The molecule has 1 aromatic carbocycles. The Morgan fingerprint density at radius 3 is 2.84 bits per heavy atom. The van der Waals surface area contributed by atoms with Crippen LogP contribution in [-0.4, -0.2) is 24.4 Å². The van der Waals surface area contributed by atoms with Crippen molar-refractivity contribution in [3.63, 3.8) is 0 Å². The van der Waals surface area contributed by atoms with Crippen molar-refractivity contribution in [2.75, 3.05) is 18.5 Å². The van der Waals surface area contributed by atoms with E-state index in [-0.39, 0.29) is 6.61 Å². The van der Waals surface area contributed by atoms with Crippen molar-refractivity contribution in [2.24, 2.45) is 0 Å². The molecule has 2 rings (SSSR count). The molecule has 0 amide bonds.